The number of hydrogen-bond acceptors (Lipinski definition) is 6. The summed E-state index contributed by atoms with van der Waals surface area (Å²) >= 11 is 0. The van der Waals surface area contributed by atoms with E-state index < -0.39 is 0 Å². The van der Waals surface area contributed by atoms with Gasteiger partial charge in [-0.05, 0) is 55.0 Å². The van der Waals surface area contributed by atoms with Gasteiger partial charge in [-0.3, -0.25) is 4.79 Å². The first kappa shape index (κ1) is 21.4. The van der Waals surface area contributed by atoms with Gasteiger partial charge >= 0.3 is 0 Å². The van der Waals surface area contributed by atoms with Crippen LogP contribution in [-0.4, -0.2) is 35.8 Å². The highest BCUT2D eigenvalue weighted by molar-refractivity contribution is 5.92. The number of carbonyl (C=O) groups excluding carboxylic acids is 1. The minimum atomic E-state index is -0.239. The Morgan fingerprint density at radius 1 is 1.06 bits per heavy atom. The van der Waals surface area contributed by atoms with E-state index in [1.54, 1.807) is 12.1 Å². The maximum absolute atomic E-state index is 12.2. The Balaban J connectivity index is 1.38. The van der Waals surface area contributed by atoms with Crippen LogP contribution in [0.4, 0.5) is 5.69 Å². The van der Waals surface area contributed by atoms with Gasteiger partial charge in [-0.15, -0.1) is 0 Å². The molecule has 1 amide bonds. The Morgan fingerprint density at radius 2 is 1.88 bits per heavy atom. The first-order valence-electron chi connectivity index (χ1n) is 10.4. The number of benzene rings is 3. The predicted octanol–water partition coefficient (Wildman–Crippen LogP) is 4.58. The van der Waals surface area contributed by atoms with Crippen molar-refractivity contribution in [3.63, 3.8) is 0 Å². The Bertz CT molecular complexity index is 1200. The monoisotopic (exact) mass is 432 g/mol. The van der Waals surface area contributed by atoms with E-state index in [0.717, 1.165) is 11.1 Å². The summed E-state index contributed by atoms with van der Waals surface area (Å²) in [5.41, 5.74) is 3.76. The van der Waals surface area contributed by atoms with E-state index in [0.29, 0.717) is 47.2 Å². The molecule has 0 spiro atoms. The van der Waals surface area contributed by atoms with Crippen LogP contribution in [0.3, 0.4) is 0 Å². The summed E-state index contributed by atoms with van der Waals surface area (Å²) < 4.78 is 17.0. The lowest BCUT2D eigenvalue weighted by atomic mass is 10.2. The van der Waals surface area contributed by atoms with Crippen molar-refractivity contribution >= 4 is 22.7 Å². The van der Waals surface area contributed by atoms with Crippen molar-refractivity contribution in [2.45, 2.75) is 13.3 Å². The zero-order valence-electron chi connectivity index (χ0n) is 17.7. The Kier molecular flexibility index (Phi) is 6.67. The average Bonchev–Trinajstić information content (AvgIpc) is 3.23. The summed E-state index contributed by atoms with van der Waals surface area (Å²) in [4.78, 5) is 16.7. The zero-order chi connectivity index (χ0) is 22.3. The molecule has 0 aliphatic carbocycles. The second kappa shape index (κ2) is 9.98. The van der Waals surface area contributed by atoms with Gasteiger partial charge < -0.3 is 24.3 Å². The topological polar surface area (TPSA) is 93.8 Å². The van der Waals surface area contributed by atoms with Gasteiger partial charge in [-0.1, -0.05) is 18.2 Å². The van der Waals surface area contributed by atoms with Crippen molar-refractivity contribution < 1.29 is 23.8 Å². The molecule has 1 heterocycles. The molecule has 164 valence electrons. The van der Waals surface area contributed by atoms with Crippen molar-refractivity contribution in [3.8, 4) is 23.0 Å². The molecule has 4 rings (SSSR count). The van der Waals surface area contributed by atoms with Crippen LogP contribution in [-0.2, 0) is 4.79 Å². The minimum Gasteiger partial charge on any atom is -0.493 e. The van der Waals surface area contributed by atoms with Gasteiger partial charge in [0.05, 0.1) is 6.61 Å². The number of aryl methyl sites for hydroxylation is 1. The molecule has 7 nitrogen and oxygen atoms in total. The fraction of sp³-hybridized carbons (Fsp3) is 0.200. The summed E-state index contributed by atoms with van der Waals surface area (Å²) in [6, 6.07) is 20.2. The number of para-hydroxylation sites is 1. The molecule has 0 fully saturated rings. The molecule has 0 radical (unpaired) electrons. The maximum atomic E-state index is 12.2. The van der Waals surface area contributed by atoms with Crippen LogP contribution in [0.15, 0.2) is 71.1 Å². The fourth-order valence-corrected chi connectivity index (χ4v) is 3.13. The Hall–Kier alpha value is -3.84. The van der Waals surface area contributed by atoms with E-state index >= 15 is 0 Å². The van der Waals surface area contributed by atoms with E-state index in [1.807, 2.05) is 61.5 Å². The molecule has 7 heteroatoms. The number of fused-ring (bicyclic) bond motifs is 1. The molecule has 3 aromatic carbocycles. The van der Waals surface area contributed by atoms with E-state index in [-0.39, 0.29) is 19.1 Å². The van der Waals surface area contributed by atoms with Gasteiger partial charge in [0.25, 0.3) is 5.91 Å². The lowest BCUT2D eigenvalue weighted by molar-refractivity contribution is -0.118. The van der Waals surface area contributed by atoms with Gasteiger partial charge in [0.2, 0.25) is 5.89 Å². The van der Waals surface area contributed by atoms with E-state index in [1.165, 1.54) is 0 Å². The summed E-state index contributed by atoms with van der Waals surface area (Å²) in [7, 11) is 0. The molecular weight excluding hydrogens is 408 g/mol. The number of hydrogen-bond donors (Lipinski definition) is 2. The third-order valence-electron chi connectivity index (χ3n) is 4.80. The highest BCUT2D eigenvalue weighted by Crippen LogP contribution is 2.28. The van der Waals surface area contributed by atoms with Crippen molar-refractivity contribution in [3.05, 3.63) is 72.3 Å². The lowest BCUT2D eigenvalue weighted by Gasteiger charge is -2.09. The number of ether oxygens (including phenoxy) is 2. The van der Waals surface area contributed by atoms with Crippen LogP contribution >= 0.6 is 0 Å². The van der Waals surface area contributed by atoms with Crippen LogP contribution in [0, 0.1) is 6.92 Å². The van der Waals surface area contributed by atoms with Gasteiger partial charge in [0, 0.05) is 30.3 Å². The molecule has 0 unspecified atom stereocenters. The Morgan fingerprint density at radius 3 is 2.66 bits per heavy atom. The fourth-order valence-electron chi connectivity index (χ4n) is 3.13. The normalized spacial score (nSPS) is 10.8. The Labute approximate surface area is 185 Å². The summed E-state index contributed by atoms with van der Waals surface area (Å²) in [6.07, 6.45) is 0.572. The summed E-state index contributed by atoms with van der Waals surface area (Å²) in [5.74, 6) is 1.61. The van der Waals surface area contributed by atoms with Crippen LogP contribution in [0.2, 0.25) is 0 Å². The molecule has 0 aliphatic rings. The second-order valence-corrected chi connectivity index (χ2v) is 7.25. The number of nitrogens with one attached hydrogen (secondary N) is 1. The average molecular weight is 432 g/mol. The number of rotatable bonds is 9. The number of oxazole rings is 1. The standard InChI is InChI=1S/C25H24N2O5/c1-17-5-2-3-6-22(17)31-16-24(29)26-19-9-7-18(8-10-19)25-27-21-15-20(30-14-4-13-28)11-12-23(21)32-25/h2-3,5-12,15,28H,4,13-14,16H2,1H3,(H,26,29). The first-order chi connectivity index (χ1) is 15.6. The smallest absolute Gasteiger partial charge is 0.262 e. The van der Waals surface area contributed by atoms with Crippen molar-refractivity contribution in [1.29, 1.82) is 0 Å². The molecule has 0 saturated heterocycles. The molecule has 0 saturated carbocycles. The SMILES string of the molecule is Cc1ccccc1OCC(=O)Nc1ccc(-c2nc3cc(OCCCO)ccc3o2)cc1. The van der Waals surface area contributed by atoms with Gasteiger partial charge in [-0.2, -0.15) is 0 Å². The number of aliphatic hydroxyl groups is 1. The molecule has 0 aliphatic heterocycles. The summed E-state index contributed by atoms with van der Waals surface area (Å²) in [6.45, 7) is 2.39. The second-order valence-electron chi connectivity index (χ2n) is 7.25. The van der Waals surface area contributed by atoms with Crippen molar-refractivity contribution in [1.82, 2.24) is 4.98 Å². The third-order valence-corrected chi connectivity index (χ3v) is 4.80. The molecule has 0 atom stereocenters. The highest BCUT2D eigenvalue weighted by atomic mass is 16.5. The molecular formula is C25H24N2O5. The summed E-state index contributed by atoms with van der Waals surface area (Å²) in [5, 5.41) is 11.7. The third kappa shape index (κ3) is 5.25. The molecule has 32 heavy (non-hydrogen) atoms. The zero-order valence-corrected chi connectivity index (χ0v) is 17.7. The first-order valence-corrected chi connectivity index (χ1v) is 10.4. The number of anilines is 1. The number of aromatic nitrogens is 1. The van der Waals surface area contributed by atoms with Crippen molar-refractivity contribution in [2.24, 2.45) is 0 Å². The number of nitrogens with zero attached hydrogens (tertiary/aromatic N) is 1. The van der Waals surface area contributed by atoms with Crippen LogP contribution < -0.4 is 14.8 Å². The van der Waals surface area contributed by atoms with Gasteiger partial charge in [0.1, 0.15) is 17.0 Å². The quantitative estimate of drug-likeness (QED) is 0.376. The molecule has 4 aromatic rings. The number of carbonyl (C=O) groups is 1. The molecule has 1 aromatic heterocycles. The van der Waals surface area contributed by atoms with E-state index in [4.69, 9.17) is 19.0 Å². The lowest BCUT2D eigenvalue weighted by Crippen LogP contribution is -2.20. The predicted molar refractivity (Wildman–Crippen MR) is 122 cm³/mol. The minimum absolute atomic E-state index is 0.0690. The molecule has 2 N–H and O–H groups in total. The van der Waals surface area contributed by atoms with E-state index in [2.05, 4.69) is 10.3 Å². The van der Waals surface area contributed by atoms with Crippen LogP contribution in [0.5, 0.6) is 11.5 Å². The largest absolute Gasteiger partial charge is 0.493 e. The number of aliphatic hydroxyl groups excluding tert-OH is 1. The van der Waals surface area contributed by atoms with Gasteiger partial charge in [0.15, 0.2) is 12.2 Å². The highest BCUT2D eigenvalue weighted by Gasteiger charge is 2.10. The maximum Gasteiger partial charge on any atom is 0.262 e. The molecule has 0 bridgehead atoms. The van der Waals surface area contributed by atoms with Crippen LogP contribution in [0.1, 0.15) is 12.0 Å². The number of amides is 1. The van der Waals surface area contributed by atoms with E-state index in [9.17, 15) is 4.79 Å². The van der Waals surface area contributed by atoms with Gasteiger partial charge in [-0.25, -0.2) is 4.98 Å². The van der Waals surface area contributed by atoms with Crippen molar-refractivity contribution in [2.75, 3.05) is 25.1 Å². The van der Waals surface area contributed by atoms with Crippen LogP contribution in [0.25, 0.3) is 22.6 Å².